The van der Waals surface area contributed by atoms with E-state index in [2.05, 4.69) is 5.10 Å². The van der Waals surface area contributed by atoms with E-state index in [4.69, 9.17) is 9.47 Å². The maximum Gasteiger partial charge on any atom is 0.338 e. The number of aromatic nitrogens is 2. The van der Waals surface area contributed by atoms with Gasteiger partial charge in [-0.25, -0.2) is 4.79 Å². The molecule has 1 aromatic heterocycles. The number of carbonyl (C=O) groups excluding carboxylic acids is 2. The number of carbonyl (C=O) groups is 2. The molecular formula is C17H22N2O5. The van der Waals surface area contributed by atoms with Gasteiger partial charge < -0.3 is 14.6 Å². The SMILES string of the molecule is COC(=O)c1cccc2c1c(C(C)=O)nn2CC(O)OC(C)(C)C. The third-order valence-electron chi connectivity index (χ3n) is 3.34. The first kappa shape index (κ1) is 18.1. The van der Waals surface area contributed by atoms with Crippen LogP contribution in [0.3, 0.4) is 0 Å². The molecule has 0 bridgehead atoms. The predicted octanol–water partition coefficient (Wildman–Crippen LogP) is 2.16. The minimum absolute atomic E-state index is 0.0334. The largest absolute Gasteiger partial charge is 0.465 e. The van der Waals surface area contributed by atoms with Crippen molar-refractivity contribution in [1.29, 1.82) is 0 Å². The Morgan fingerprint density at radius 3 is 2.54 bits per heavy atom. The molecule has 0 aliphatic heterocycles. The van der Waals surface area contributed by atoms with Gasteiger partial charge in [0.15, 0.2) is 12.1 Å². The van der Waals surface area contributed by atoms with E-state index >= 15 is 0 Å². The topological polar surface area (TPSA) is 90.7 Å². The van der Waals surface area contributed by atoms with Gasteiger partial charge in [0, 0.05) is 12.3 Å². The Morgan fingerprint density at radius 1 is 1.33 bits per heavy atom. The van der Waals surface area contributed by atoms with Crippen LogP contribution >= 0.6 is 0 Å². The highest BCUT2D eigenvalue weighted by atomic mass is 16.6. The number of hydrogen-bond acceptors (Lipinski definition) is 6. The number of rotatable bonds is 5. The Bertz CT molecular complexity index is 773. The van der Waals surface area contributed by atoms with E-state index in [-0.39, 0.29) is 23.6 Å². The average Bonchev–Trinajstić information content (AvgIpc) is 2.83. The standard InChI is InChI=1S/C17H22N2O5/c1-10(20)15-14-11(16(22)23-5)7-6-8-12(14)19(18-15)9-13(21)24-17(2,3)4/h6-8,13,21H,9H2,1-5H3. The van der Waals surface area contributed by atoms with Crippen molar-refractivity contribution >= 4 is 22.7 Å². The van der Waals surface area contributed by atoms with Gasteiger partial charge in [-0.1, -0.05) is 6.07 Å². The fraction of sp³-hybridized carbons (Fsp3) is 0.471. The third kappa shape index (κ3) is 3.80. The molecule has 7 nitrogen and oxygen atoms in total. The second-order valence-electron chi connectivity index (χ2n) is 6.46. The van der Waals surface area contributed by atoms with Crippen LogP contribution in [-0.2, 0) is 16.0 Å². The zero-order valence-electron chi connectivity index (χ0n) is 14.5. The summed E-state index contributed by atoms with van der Waals surface area (Å²) in [7, 11) is 1.28. The number of methoxy groups -OCH3 is 1. The lowest BCUT2D eigenvalue weighted by Crippen LogP contribution is -2.30. The van der Waals surface area contributed by atoms with Crippen LogP contribution in [0.25, 0.3) is 10.9 Å². The zero-order valence-corrected chi connectivity index (χ0v) is 14.5. The number of benzene rings is 1. The number of Topliss-reactive ketones (excluding diaryl/α,β-unsaturated/α-hetero) is 1. The first-order valence-electron chi connectivity index (χ1n) is 7.58. The number of aliphatic hydroxyl groups excluding tert-OH is 1. The van der Waals surface area contributed by atoms with Crippen molar-refractivity contribution in [2.24, 2.45) is 0 Å². The van der Waals surface area contributed by atoms with Gasteiger partial charge in [0.05, 0.1) is 30.3 Å². The summed E-state index contributed by atoms with van der Waals surface area (Å²) >= 11 is 0. The lowest BCUT2D eigenvalue weighted by atomic mass is 10.1. The Morgan fingerprint density at radius 2 is 2.00 bits per heavy atom. The van der Waals surface area contributed by atoms with E-state index in [0.717, 1.165) is 0 Å². The molecule has 0 amide bonds. The lowest BCUT2D eigenvalue weighted by molar-refractivity contribution is -0.172. The molecule has 2 aromatic rings. The number of esters is 1. The summed E-state index contributed by atoms with van der Waals surface area (Å²) in [6.07, 6.45) is -1.10. The molecule has 0 saturated carbocycles. The average molecular weight is 334 g/mol. The highest BCUT2D eigenvalue weighted by Gasteiger charge is 2.23. The third-order valence-corrected chi connectivity index (χ3v) is 3.34. The van der Waals surface area contributed by atoms with Crippen molar-refractivity contribution in [1.82, 2.24) is 9.78 Å². The summed E-state index contributed by atoms with van der Waals surface area (Å²) in [6, 6.07) is 4.98. The summed E-state index contributed by atoms with van der Waals surface area (Å²) in [5.41, 5.74) is 0.453. The maximum atomic E-state index is 12.0. The highest BCUT2D eigenvalue weighted by molar-refractivity contribution is 6.13. The molecule has 0 radical (unpaired) electrons. The molecule has 0 spiro atoms. The quantitative estimate of drug-likeness (QED) is 0.512. The molecule has 130 valence electrons. The van der Waals surface area contributed by atoms with Gasteiger partial charge in [0.25, 0.3) is 0 Å². The first-order valence-corrected chi connectivity index (χ1v) is 7.58. The molecule has 0 aliphatic carbocycles. The molecule has 1 N–H and O–H groups in total. The maximum absolute atomic E-state index is 12.0. The molecule has 0 aliphatic rings. The van der Waals surface area contributed by atoms with Gasteiger partial charge in [-0.2, -0.15) is 5.10 Å². The fourth-order valence-electron chi connectivity index (χ4n) is 2.49. The minimum Gasteiger partial charge on any atom is -0.465 e. The number of nitrogens with zero attached hydrogens (tertiary/aromatic N) is 2. The summed E-state index contributed by atoms with van der Waals surface area (Å²) in [5, 5.41) is 14.8. The Balaban J connectivity index is 2.53. The molecular weight excluding hydrogens is 312 g/mol. The van der Waals surface area contributed by atoms with E-state index in [1.165, 1.54) is 18.7 Å². The highest BCUT2D eigenvalue weighted by Crippen LogP contribution is 2.25. The van der Waals surface area contributed by atoms with Crippen LogP contribution in [-0.4, -0.2) is 45.6 Å². The van der Waals surface area contributed by atoms with Gasteiger partial charge in [0.1, 0.15) is 5.69 Å². The number of ether oxygens (including phenoxy) is 2. The van der Waals surface area contributed by atoms with Crippen molar-refractivity contribution in [3.8, 4) is 0 Å². The van der Waals surface area contributed by atoms with Gasteiger partial charge >= 0.3 is 5.97 Å². The van der Waals surface area contributed by atoms with E-state index < -0.39 is 17.9 Å². The van der Waals surface area contributed by atoms with Gasteiger partial charge in [-0.05, 0) is 32.9 Å². The number of ketones is 1. The van der Waals surface area contributed by atoms with Gasteiger partial charge in [-0.15, -0.1) is 0 Å². The van der Waals surface area contributed by atoms with Crippen molar-refractivity contribution in [3.05, 3.63) is 29.5 Å². The van der Waals surface area contributed by atoms with Crippen molar-refractivity contribution in [3.63, 3.8) is 0 Å². The Kier molecular flexibility index (Phi) is 5.05. The Hall–Kier alpha value is -2.25. The Labute approximate surface area is 140 Å². The summed E-state index contributed by atoms with van der Waals surface area (Å²) in [4.78, 5) is 23.9. The normalized spacial score (nSPS) is 13.1. The van der Waals surface area contributed by atoms with Crippen LogP contribution in [0.4, 0.5) is 0 Å². The monoisotopic (exact) mass is 334 g/mol. The second-order valence-corrected chi connectivity index (χ2v) is 6.46. The minimum atomic E-state index is -1.10. The van der Waals surface area contributed by atoms with Crippen molar-refractivity contribution in [2.75, 3.05) is 7.11 Å². The van der Waals surface area contributed by atoms with E-state index in [9.17, 15) is 14.7 Å². The molecule has 1 heterocycles. The zero-order chi connectivity index (χ0) is 18.1. The van der Waals surface area contributed by atoms with Crippen LogP contribution < -0.4 is 0 Å². The molecule has 1 atom stereocenters. The van der Waals surface area contributed by atoms with Crippen LogP contribution in [0.1, 0.15) is 48.5 Å². The molecule has 24 heavy (non-hydrogen) atoms. The second kappa shape index (κ2) is 6.70. The molecule has 0 fully saturated rings. The van der Waals surface area contributed by atoms with Crippen molar-refractivity contribution < 1.29 is 24.2 Å². The summed E-state index contributed by atoms with van der Waals surface area (Å²) < 4.78 is 11.7. The summed E-state index contributed by atoms with van der Waals surface area (Å²) in [6.45, 7) is 6.89. The van der Waals surface area contributed by atoms with Crippen LogP contribution in [0.5, 0.6) is 0 Å². The van der Waals surface area contributed by atoms with E-state index in [1.54, 1.807) is 18.2 Å². The van der Waals surface area contributed by atoms with Crippen LogP contribution in [0.15, 0.2) is 18.2 Å². The smallest absolute Gasteiger partial charge is 0.338 e. The predicted molar refractivity (Wildman–Crippen MR) is 87.9 cm³/mol. The molecule has 0 saturated heterocycles. The molecule has 2 rings (SSSR count). The lowest BCUT2D eigenvalue weighted by Gasteiger charge is -2.24. The van der Waals surface area contributed by atoms with E-state index in [1.807, 2.05) is 20.8 Å². The number of fused-ring (bicyclic) bond motifs is 1. The van der Waals surface area contributed by atoms with Crippen molar-refractivity contribution in [2.45, 2.75) is 46.1 Å². The van der Waals surface area contributed by atoms with E-state index in [0.29, 0.717) is 10.9 Å². The number of aliphatic hydroxyl groups is 1. The van der Waals surface area contributed by atoms with Crippen LogP contribution in [0.2, 0.25) is 0 Å². The summed E-state index contributed by atoms with van der Waals surface area (Å²) in [5.74, 6) is -0.824. The fourth-order valence-corrected chi connectivity index (χ4v) is 2.49. The van der Waals surface area contributed by atoms with Gasteiger partial charge in [0.2, 0.25) is 0 Å². The molecule has 1 aromatic carbocycles. The first-order chi connectivity index (χ1) is 11.1. The van der Waals surface area contributed by atoms with Crippen LogP contribution in [0, 0.1) is 0 Å². The molecule has 1 unspecified atom stereocenters. The molecule has 7 heteroatoms. The van der Waals surface area contributed by atoms with Gasteiger partial charge in [-0.3, -0.25) is 9.48 Å². The number of hydrogen-bond donors (Lipinski definition) is 1.